The summed E-state index contributed by atoms with van der Waals surface area (Å²) < 4.78 is 5.66. The maximum atomic E-state index is 12.5. The van der Waals surface area contributed by atoms with Crippen LogP contribution in [0.5, 0.6) is 5.75 Å². The molecule has 28 heavy (non-hydrogen) atoms. The van der Waals surface area contributed by atoms with Gasteiger partial charge in [0.1, 0.15) is 5.75 Å². The van der Waals surface area contributed by atoms with E-state index in [4.69, 9.17) is 4.74 Å². The van der Waals surface area contributed by atoms with Gasteiger partial charge in [0.15, 0.2) is 0 Å². The zero-order chi connectivity index (χ0) is 20.1. The fourth-order valence-electron chi connectivity index (χ4n) is 3.41. The molecule has 146 valence electrons. The van der Waals surface area contributed by atoms with Gasteiger partial charge in [-0.3, -0.25) is 9.78 Å². The predicted molar refractivity (Wildman–Crippen MR) is 114 cm³/mol. The van der Waals surface area contributed by atoms with Crippen LogP contribution in [0.2, 0.25) is 0 Å². The summed E-state index contributed by atoms with van der Waals surface area (Å²) in [5.74, 6) is 0.903. The Bertz CT molecular complexity index is 962. The maximum Gasteiger partial charge on any atom is 0.224 e. The van der Waals surface area contributed by atoms with Gasteiger partial charge in [-0.25, -0.2) is 0 Å². The van der Waals surface area contributed by atoms with Gasteiger partial charge in [0, 0.05) is 17.6 Å². The van der Waals surface area contributed by atoms with Gasteiger partial charge in [-0.2, -0.15) is 0 Å². The van der Waals surface area contributed by atoms with Gasteiger partial charge < -0.3 is 10.1 Å². The summed E-state index contributed by atoms with van der Waals surface area (Å²) in [6.45, 7) is 8.68. The van der Waals surface area contributed by atoms with Gasteiger partial charge in [-0.15, -0.1) is 0 Å². The van der Waals surface area contributed by atoms with Crippen LogP contribution in [-0.4, -0.2) is 23.5 Å². The van der Waals surface area contributed by atoms with E-state index in [-0.39, 0.29) is 12.0 Å². The highest BCUT2D eigenvalue weighted by atomic mass is 16.5. The monoisotopic (exact) mass is 376 g/mol. The van der Waals surface area contributed by atoms with E-state index < -0.39 is 0 Å². The summed E-state index contributed by atoms with van der Waals surface area (Å²) in [7, 11) is 0. The molecule has 3 rings (SSSR count). The Hall–Kier alpha value is -2.88. The number of fused-ring (bicyclic) bond motifs is 1. The summed E-state index contributed by atoms with van der Waals surface area (Å²) in [5.41, 5.74) is 5.24. The quantitative estimate of drug-likeness (QED) is 0.659. The van der Waals surface area contributed by atoms with Crippen molar-refractivity contribution >= 4 is 16.8 Å². The van der Waals surface area contributed by atoms with Crippen LogP contribution in [0.15, 0.2) is 48.5 Å². The van der Waals surface area contributed by atoms with Gasteiger partial charge in [-0.05, 0) is 69.0 Å². The Morgan fingerprint density at radius 2 is 1.79 bits per heavy atom. The Balaban J connectivity index is 1.57. The van der Waals surface area contributed by atoms with Crippen molar-refractivity contribution in [2.24, 2.45) is 0 Å². The highest BCUT2D eigenvalue weighted by Gasteiger charge is 2.12. The number of pyridine rings is 1. The van der Waals surface area contributed by atoms with Crippen molar-refractivity contribution in [3.05, 3.63) is 70.9 Å². The van der Waals surface area contributed by atoms with E-state index in [9.17, 15) is 4.79 Å². The van der Waals surface area contributed by atoms with Crippen LogP contribution in [0.1, 0.15) is 36.2 Å². The number of benzene rings is 2. The van der Waals surface area contributed by atoms with E-state index in [1.54, 1.807) is 0 Å². The average Bonchev–Trinajstić information content (AvgIpc) is 2.66. The molecule has 0 aliphatic carbocycles. The van der Waals surface area contributed by atoms with E-state index >= 15 is 0 Å². The smallest absolute Gasteiger partial charge is 0.224 e. The Morgan fingerprint density at radius 3 is 2.50 bits per heavy atom. The van der Waals surface area contributed by atoms with Crippen molar-refractivity contribution < 1.29 is 9.53 Å². The zero-order valence-electron chi connectivity index (χ0n) is 17.1. The lowest BCUT2D eigenvalue weighted by Gasteiger charge is -2.13. The molecule has 0 saturated heterocycles. The van der Waals surface area contributed by atoms with Crippen LogP contribution in [-0.2, 0) is 17.6 Å². The highest BCUT2D eigenvalue weighted by molar-refractivity contribution is 5.86. The van der Waals surface area contributed by atoms with E-state index in [0.29, 0.717) is 13.0 Å². The number of hydrogen-bond acceptors (Lipinski definition) is 3. The first-order valence-electron chi connectivity index (χ1n) is 9.81. The van der Waals surface area contributed by atoms with Gasteiger partial charge in [0.25, 0.3) is 0 Å². The highest BCUT2D eigenvalue weighted by Crippen LogP contribution is 2.22. The number of carbonyl (C=O) groups is 1. The molecule has 1 amide bonds. The summed E-state index contributed by atoms with van der Waals surface area (Å²) in [4.78, 5) is 17.1. The van der Waals surface area contributed by atoms with Gasteiger partial charge >= 0.3 is 0 Å². The number of nitrogens with one attached hydrogen (secondary N) is 1. The molecule has 0 aliphatic heterocycles. The van der Waals surface area contributed by atoms with Crippen LogP contribution < -0.4 is 10.1 Å². The average molecular weight is 376 g/mol. The first kappa shape index (κ1) is 19.9. The first-order chi connectivity index (χ1) is 13.4. The second-order valence-electron chi connectivity index (χ2n) is 7.41. The lowest BCUT2D eigenvalue weighted by molar-refractivity contribution is -0.120. The molecule has 4 nitrogen and oxygen atoms in total. The van der Waals surface area contributed by atoms with Crippen molar-refractivity contribution in [1.82, 2.24) is 10.3 Å². The maximum absolute atomic E-state index is 12.5. The van der Waals surface area contributed by atoms with Crippen molar-refractivity contribution in [3.8, 4) is 5.75 Å². The van der Waals surface area contributed by atoms with Crippen LogP contribution in [0.4, 0.5) is 0 Å². The minimum atomic E-state index is 0.0306. The van der Waals surface area contributed by atoms with Crippen molar-refractivity contribution in [2.75, 3.05) is 6.54 Å². The molecule has 4 heteroatoms. The molecule has 1 N–H and O–H groups in total. The third-order valence-electron chi connectivity index (χ3n) is 4.85. The minimum Gasteiger partial charge on any atom is -0.491 e. The van der Waals surface area contributed by atoms with E-state index in [0.717, 1.165) is 39.9 Å². The Labute approximate surface area is 166 Å². The van der Waals surface area contributed by atoms with Gasteiger partial charge in [0.05, 0.1) is 18.0 Å². The minimum absolute atomic E-state index is 0.0306. The third kappa shape index (κ3) is 4.89. The first-order valence-corrected chi connectivity index (χ1v) is 9.81. The molecule has 2 aromatic carbocycles. The normalized spacial score (nSPS) is 11.0. The zero-order valence-corrected chi connectivity index (χ0v) is 17.1. The second-order valence-corrected chi connectivity index (χ2v) is 7.41. The largest absolute Gasteiger partial charge is 0.491 e. The molecule has 0 radical (unpaired) electrons. The van der Waals surface area contributed by atoms with Crippen LogP contribution >= 0.6 is 0 Å². The molecule has 3 aromatic rings. The number of ether oxygens (including phenoxy) is 1. The van der Waals surface area contributed by atoms with E-state index in [2.05, 4.69) is 23.3 Å². The summed E-state index contributed by atoms with van der Waals surface area (Å²) in [6.07, 6.45) is 1.32. The lowest BCUT2D eigenvalue weighted by Crippen LogP contribution is -2.28. The van der Waals surface area contributed by atoms with Crippen molar-refractivity contribution in [1.29, 1.82) is 0 Å². The number of carbonyl (C=O) groups excluding carboxylic acids is 1. The number of aryl methyl sites for hydroxylation is 2. The van der Waals surface area contributed by atoms with Crippen LogP contribution in [0.25, 0.3) is 10.9 Å². The predicted octanol–water partition coefficient (Wildman–Crippen LogP) is 4.54. The number of hydrogen-bond donors (Lipinski definition) is 1. The van der Waals surface area contributed by atoms with Gasteiger partial charge in [-0.1, -0.05) is 30.3 Å². The number of para-hydroxylation sites is 1. The summed E-state index contributed by atoms with van der Waals surface area (Å²) in [6, 6.07) is 16.1. The molecule has 0 atom stereocenters. The molecule has 0 unspecified atom stereocenters. The van der Waals surface area contributed by atoms with Crippen LogP contribution in [0.3, 0.4) is 0 Å². The fraction of sp³-hybridized carbons (Fsp3) is 0.333. The standard InChI is InChI=1S/C24H28N2O2/c1-16(2)28-20-11-9-19(10-12-20)13-14-25-24(27)15-22-17(3)21-7-5-6-8-23(21)26-18(22)4/h5-12,16H,13-15H2,1-4H3,(H,25,27). The molecule has 0 fully saturated rings. The molecular formula is C24H28N2O2. The SMILES string of the molecule is Cc1nc2ccccc2c(C)c1CC(=O)NCCc1ccc(OC(C)C)cc1. The van der Waals surface area contributed by atoms with Crippen LogP contribution in [0, 0.1) is 13.8 Å². The number of aromatic nitrogens is 1. The van der Waals surface area contributed by atoms with Crippen molar-refractivity contribution in [3.63, 3.8) is 0 Å². The number of nitrogens with zero attached hydrogens (tertiary/aromatic N) is 1. The lowest BCUT2D eigenvalue weighted by atomic mass is 9.99. The molecular weight excluding hydrogens is 348 g/mol. The molecule has 1 aromatic heterocycles. The third-order valence-corrected chi connectivity index (χ3v) is 4.85. The van der Waals surface area contributed by atoms with Crippen molar-refractivity contribution in [2.45, 2.75) is 46.6 Å². The Morgan fingerprint density at radius 1 is 1.07 bits per heavy atom. The molecule has 0 saturated carbocycles. The summed E-state index contributed by atoms with van der Waals surface area (Å²) >= 11 is 0. The van der Waals surface area contributed by atoms with E-state index in [1.165, 1.54) is 5.56 Å². The van der Waals surface area contributed by atoms with E-state index in [1.807, 2.05) is 63.2 Å². The molecule has 0 bridgehead atoms. The topological polar surface area (TPSA) is 51.2 Å². The summed E-state index contributed by atoms with van der Waals surface area (Å²) in [5, 5.41) is 4.14. The fourth-order valence-corrected chi connectivity index (χ4v) is 3.41. The molecule has 1 heterocycles. The number of rotatable bonds is 7. The van der Waals surface area contributed by atoms with Gasteiger partial charge in [0.2, 0.25) is 5.91 Å². The molecule has 0 aliphatic rings. The Kier molecular flexibility index (Phi) is 6.30. The second kappa shape index (κ2) is 8.87. The molecule has 0 spiro atoms. The number of amides is 1.